The van der Waals surface area contributed by atoms with Crippen LogP contribution in [0.15, 0.2) is 85.2 Å². The van der Waals surface area contributed by atoms with Gasteiger partial charge in [0.25, 0.3) is 0 Å². The molecule has 1 aliphatic heterocycles. The summed E-state index contributed by atoms with van der Waals surface area (Å²) < 4.78 is 7.84. The lowest BCUT2D eigenvalue weighted by atomic mass is 10.0. The fourth-order valence-corrected chi connectivity index (χ4v) is 4.92. The lowest BCUT2D eigenvalue weighted by Gasteiger charge is -2.29. The van der Waals surface area contributed by atoms with E-state index in [1.54, 1.807) is 0 Å². The summed E-state index contributed by atoms with van der Waals surface area (Å²) in [7, 11) is 0. The monoisotopic (exact) mass is 488 g/mol. The molecule has 34 heavy (non-hydrogen) atoms. The van der Waals surface area contributed by atoms with Gasteiger partial charge in [-0.15, -0.1) is 0 Å². The molecule has 1 fully saturated rings. The van der Waals surface area contributed by atoms with Crippen LogP contribution in [0.3, 0.4) is 0 Å². The minimum absolute atomic E-state index is 0.119. The van der Waals surface area contributed by atoms with Gasteiger partial charge in [0.15, 0.2) is 5.11 Å². The van der Waals surface area contributed by atoms with Gasteiger partial charge in [-0.25, -0.2) is 0 Å². The van der Waals surface area contributed by atoms with E-state index in [1.165, 1.54) is 0 Å². The average molecular weight is 489 g/mol. The number of anilines is 1. The van der Waals surface area contributed by atoms with Crippen LogP contribution in [-0.4, -0.2) is 21.3 Å². The summed E-state index contributed by atoms with van der Waals surface area (Å²) in [5.41, 5.74) is 5.10. The Labute approximate surface area is 210 Å². The van der Waals surface area contributed by atoms with Crippen molar-refractivity contribution in [2.45, 2.75) is 25.9 Å². The normalized spacial score (nSPS) is 17.6. The van der Waals surface area contributed by atoms with Gasteiger partial charge in [0, 0.05) is 34.5 Å². The number of nitrogens with zero attached hydrogens (tertiary/aromatic N) is 3. The van der Waals surface area contributed by atoms with E-state index in [1.807, 2.05) is 74.6 Å². The summed E-state index contributed by atoms with van der Waals surface area (Å²) in [6.45, 7) is 4.62. The number of rotatable bonds is 6. The van der Waals surface area contributed by atoms with Crippen LogP contribution in [0.5, 0.6) is 5.75 Å². The highest BCUT2D eigenvalue weighted by atomic mass is 35.5. The maximum absolute atomic E-state index is 6.31. The molecule has 0 aliphatic carbocycles. The van der Waals surface area contributed by atoms with Crippen LogP contribution in [0.2, 0.25) is 5.02 Å². The van der Waals surface area contributed by atoms with Gasteiger partial charge in [-0.05, 0) is 98.4 Å². The number of halogens is 1. The zero-order valence-corrected chi connectivity index (χ0v) is 20.6. The van der Waals surface area contributed by atoms with E-state index in [-0.39, 0.29) is 12.1 Å². The molecule has 1 saturated heterocycles. The second-order valence-corrected chi connectivity index (χ2v) is 8.95. The second-order valence-electron chi connectivity index (χ2n) is 8.16. The molecule has 0 amide bonds. The SMILES string of the molecule is CCOc1ccc(N2C(=S)N[C@H](c3ccccn3)[C@@H]2c2cccn2-c2ccc(Cl)c(C)c2)cc1. The molecule has 172 valence electrons. The lowest BCUT2D eigenvalue weighted by molar-refractivity contribution is 0.340. The highest BCUT2D eigenvalue weighted by Gasteiger charge is 2.42. The van der Waals surface area contributed by atoms with Crippen LogP contribution in [-0.2, 0) is 0 Å². The van der Waals surface area contributed by atoms with Crippen LogP contribution in [0.25, 0.3) is 5.69 Å². The van der Waals surface area contributed by atoms with Crippen molar-refractivity contribution in [1.82, 2.24) is 14.9 Å². The Morgan fingerprint density at radius 1 is 1.03 bits per heavy atom. The standard InChI is InChI=1S/C27H25ClN4OS/c1-3-33-21-12-9-19(10-13-21)32-26(25(30-27(32)34)23-7-4-5-15-29-23)24-8-6-16-31(24)20-11-14-22(28)18(2)17-20/h4-17,25-26H,3H2,1-2H3,(H,30,34)/t25-,26+/m1/s1. The fourth-order valence-electron chi connectivity index (χ4n) is 4.45. The zero-order chi connectivity index (χ0) is 23.7. The first-order valence-corrected chi connectivity index (χ1v) is 12.0. The number of thiocarbonyl (C=S) groups is 1. The maximum Gasteiger partial charge on any atom is 0.174 e. The van der Waals surface area contributed by atoms with Crippen molar-refractivity contribution in [3.05, 3.63) is 107 Å². The predicted molar refractivity (Wildman–Crippen MR) is 141 cm³/mol. The summed E-state index contributed by atoms with van der Waals surface area (Å²) >= 11 is 12.2. The van der Waals surface area contributed by atoms with Crippen LogP contribution in [0, 0.1) is 6.92 Å². The number of hydrogen-bond acceptors (Lipinski definition) is 3. The first-order chi connectivity index (χ1) is 16.6. The van der Waals surface area contributed by atoms with E-state index >= 15 is 0 Å². The molecule has 0 saturated carbocycles. The van der Waals surface area contributed by atoms with Gasteiger partial charge in [-0.2, -0.15) is 0 Å². The molecule has 0 unspecified atom stereocenters. The van der Waals surface area contributed by atoms with Gasteiger partial charge >= 0.3 is 0 Å². The fraction of sp³-hybridized carbons (Fsp3) is 0.185. The molecule has 5 rings (SSSR count). The first kappa shape index (κ1) is 22.4. The summed E-state index contributed by atoms with van der Waals surface area (Å²) in [5.74, 6) is 0.835. The smallest absolute Gasteiger partial charge is 0.174 e. The van der Waals surface area contributed by atoms with Crippen molar-refractivity contribution in [1.29, 1.82) is 0 Å². The van der Waals surface area contributed by atoms with Gasteiger partial charge in [0.2, 0.25) is 0 Å². The molecule has 2 aromatic heterocycles. The van der Waals surface area contributed by atoms with E-state index in [9.17, 15) is 0 Å². The first-order valence-electron chi connectivity index (χ1n) is 11.2. The van der Waals surface area contributed by atoms with Crippen molar-refractivity contribution in [3.63, 3.8) is 0 Å². The van der Waals surface area contributed by atoms with E-state index < -0.39 is 0 Å². The molecule has 0 spiro atoms. The Balaban J connectivity index is 1.63. The minimum Gasteiger partial charge on any atom is -0.494 e. The molecular formula is C27H25ClN4OS. The molecule has 5 nitrogen and oxygen atoms in total. The number of hydrogen-bond donors (Lipinski definition) is 1. The molecular weight excluding hydrogens is 464 g/mol. The third-order valence-electron chi connectivity index (χ3n) is 6.03. The van der Waals surface area contributed by atoms with Crippen molar-refractivity contribution < 1.29 is 4.74 Å². The van der Waals surface area contributed by atoms with Crippen molar-refractivity contribution in [2.75, 3.05) is 11.5 Å². The van der Waals surface area contributed by atoms with E-state index in [0.717, 1.165) is 39.1 Å². The Kier molecular flexibility index (Phi) is 6.26. The van der Waals surface area contributed by atoms with Gasteiger partial charge in [0.05, 0.1) is 18.3 Å². The Hall–Kier alpha value is -3.35. The quantitative estimate of drug-likeness (QED) is 0.318. The van der Waals surface area contributed by atoms with Crippen LogP contribution >= 0.6 is 23.8 Å². The van der Waals surface area contributed by atoms with Crippen LogP contribution in [0.1, 0.15) is 36.0 Å². The largest absolute Gasteiger partial charge is 0.494 e. The molecule has 0 radical (unpaired) electrons. The third kappa shape index (κ3) is 4.15. The highest BCUT2D eigenvalue weighted by molar-refractivity contribution is 7.80. The van der Waals surface area contributed by atoms with Gasteiger partial charge < -0.3 is 19.5 Å². The Bertz CT molecular complexity index is 1310. The molecule has 3 heterocycles. The van der Waals surface area contributed by atoms with E-state index in [4.69, 9.17) is 28.6 Å². The zero-order valence-electron chi connectivity index (χ0n) is 19.0. The number of aryl methyl sites for hydroxylation is 1. The molecule has 2 atom stereocenters. The lowest BCUT2D eigenvalue weighted by Crippen LogP contribution is -2.30. The topological polar surface area (TPSA) is 42.3 Å². The average Bonchev–Trinajstić information content (AvgIpc) is 3.46. The molecule has 2 aromatic carbocycles. The third-order valence-corrected chi connectivity index (χ3v) is 6.77. The van der Waals surface area contributed by atoms with Crippen molar-refractivity contribution >= 4 is 34.6 Å². The maximum atomic E-state index is 6.31. The molecule has 4 aromatic rings. The summed E-state index contributed by atoms with van der Waals surface area (Å²) in [4.78, 5) is 6.82. The molecule has 1 N–H and O–H groups in total. The molecule has 7 heteroatoms. The minimum atomic E-state index is -0.123. The number of benzene rings is 2. The second kappa shape index (κ2) is 9.49. The molecule has 1 aliphatic rings. The Morgan fingerprint density at radius 3 is 2.53 bits per heavy atom. The van der Waals surface area contributed by atoms with E-state index in [0.29, 0.717) is 11.7 Å². The Morgan fingerprint density at radius 2 is 1.82 bits per heavy atom. The highest BCUT2D eigenvalue weighted by Crippen LogP contribution is 2.42. The summed E-state index contributed by atoms with van der Waals surface area (Å²) in [6, 6.07) is 24.1. The number of aromatic nitrogens is 2. The number of ether oxygens (including phenoxy) is 1. The van der Waals surface area contributed by atoms with Gasteiger partial charge in [0.1, 0.15) is 11.8 Å². The van der Waals surface area contributed by atoms with Crippen LogP contribution in [0.4, 0.5) is 5.69 Å². The van der Waals surface area contributed by atoms with E-state index in [2.05, 4.69) is 44.2 Å². The summed E-state index contributed by atoms with van der Waals surface area (Å²) in [6.07, 6.45) is 3.89. The van der Waals surface area contributed by atoms with Gasteiger partial charge in [-0.1, -0.05) is 17.7 Å². The predicted octanol–water partition coefficient (Wildman–Crippen LogP) is 6.41. The van der Waals surface area contributed by atoms with Crippen LogP contribution < -0.4 is 15.0 Å². The molecule has 0 bridgehead atoms. The summed E-state index contributed by atoms with van der Waals surface area (Å²) in [5, 5.41) is 4.94. The van der Waals surface area contributed by atoms with Crippen molar-refractivity contribution in [2.24, 2.45) is 0 Å². The van der Waals surface area contributed by atoms with Crippen molar-refractivity contribution in [3.8, 4) is 11.4 Å². The number of nitrogens with one attached hydrogen (secondary N) is 1. The van der Waals surface area contributed by atoms with Gasteiger partial charge in [-0.3, -0.25) is 4.98 Å². The number of pyridine rings is 1.